The lowest BCUT2D eigenvalue weighted by Crippen LogP contribution is -2.37. The van der Waals surface area contributed by atoms with E-state index >= 15 is 0 Å². The van der Waals surface area contributed by atoms with Crippen LogP contribution < -0.4 is 10.5 Å². The number of hydrogen-bond donors (Lipinski definition) is 1. The summed E-state index contributed by atoms with van der Waals surface area (Å²) in [5.74, 6) is 0. The highest BCUT2D eigenvalue weighted by Crippen LogP contribution is 2.20. The molecule has 0 radical (unpaired) electrons. The molecule has 2 aromatic rings. The van der Waals surface area contributed by atoms with Crippen molar-refractivity contribution in [2.24, 2.45) is 0 Å². The van der Waals surface area contributed by atoms with E-state index in [1.54, 1.807) is 0 Å². The van der Waals surface area contributed by atoms with Crippen molar-refractivity contribution in [2.45, 2.75) is 33.1 Å². The van der Waals surface area contributed by atoms with Gasteiger partial charge in [-0.15, -0.1) is 0 Å². The number of hydrogen-bond acceptors (Lipinski definition) is 1. The van der Waals surface area contributed by atoms with Gasteiger partial charge in [0.1, 0.15) is 0 Å². The fourth-order valence-corrected chi connectivity index (χ4v) is 3.49. The molecule has 0 saturated carbocycles. The van der Waals surface area contributed by atoms with Crippen LogP contribution in [0.4, 0.5) is 5.69 Å². The molecule has 0 atom stereocenters. The van der Waals surface area contributed by atoms with Gasteiger partial charge in [0.2, 0.25) is 0 Å². The minimum Gasteiger partial charge on any atom is -0.381 e. The van der Waals surface area contributed by atoms with Gasteiger partial charge in [0, 0.05) is 16.7 Å². The van der Waals surface area contributed by atoms with Crippen molar-refractivity contribution in [1.82, 2.24) is 0 Å². The molecule has 106 valence electrons. The molecular weight excluding hydrogens is 326 g/mol. The Balaban J connectivity index is 2.02. The van der Waals surface area contributed by atoms with Gasteiger partial charge in [-0.1, -0.05) is 65.0 Å². The standard InChI is InChI=1S/C17H22BrNSi/c1-13-11-15(7-10-17(13)18)19-12-14-5-8-16(9-6-14)20(2,3)4/h5-11,19H,12H2,1-4H3. The molecule has 1 nitrogen and oxygen atoms in total. The quantitative estimate of drug-likeness (QED) is 0.774. The predicted molar refractivity (Wildman–Crippen MR) is 95.6 cm³/mol. The number of nitrogens with one attached hydrogen (secondary N) is 1. The van der Waals surface area contributed by atoms with Gasteiger partial charge in [-0.3, -0.25) is 0 Å². The Labute approximate surface area is 131 Å². The van der Waals surface area contributed by atoms with Gasteiger partial charge in [-0.05, 0) is 36.2 Å². The van der Waals surface area contributed by atoms with Gasteiger partial charge in [0.25, 0.3) is 0 Å². The fourth-order valence-electron chi connectivity index (χ4n) is 2.08. The van der Waals surface area contributed by atoms with Crippen LogP contribution in [0.1, 0.15) is 11.1 Å². The lowest BCUT2D eigenvalue weighted by molar-refractivity contribution is 1.15. The van der Waals surface area contributed by atoms with Crippen LogP contribution in [0.25, 0.3) is 0 Å². The van der Waals surface area contributed by atoms with Crippen molar-refractivity contribution in [3.05, 3.63) is 58.1 Å². The molecule has 20 heavy (non-hydrogen) atoms. The number of aryl methyl sites for hydroxylation is 1. The Morgan fingerprint density at radius 1 is 1.00 bits per heavy atom. The minimum absolute atomic E-state index is 0.868. The zero-order chi connectivity index (χ0) is 14.8. The number of anilines is 1. The fraction of sp³-hybridized carbons (Fsp3) is 0.294. The van der Waals surface area contributed by atoms with Gasteiger partial charge < -0.3 is 5.32 Å². The Morgan fingerprint density at radius 3 is 2.20 bits per heavy atom. The van der Waals surface area contributed by atoms with Gasteiger partial charge in [-0.25, -0.2) is 0 Å². The summed E-state index contributed by atoms with van der Waals surface area (Å²) in [6.45, 7) is 10.1. The molecule has 0 aliphatic carbocycles. The van der Waals surface area contributed by atoms with Crippen LogP contribution in [0.5, 0.6) is 0 Å². The van der Waals surface area contributed by atoms with Gasteiger partial charge in [0.05, 0.1) is 8.07 Å². The zero-order valence-electron chi connectivity index (χ0n) is 12.6. The third kappa shape index (κ3) is 3.97. The number of rotatable bonds is 4. The summed E-state index contributed by atoms with van der Waals surface area (Å²) in [5, 5.41) is 4.99. The number of halogens is 1. The molecule has 0 amide bonds. The van der Waals surface area contributed by atoms with E-state index in [0.29, 0.717) is 0 Å². The van der Waals surface area contributed by atoms with Crippen LogP contribution in [0.3, 0.4) is 0 Å². The molecule has 0 aliphatic rings. The highest BCUT2D eigenvalue weighted by atomic mass is 79.9. The summed E-state index contributed by atoms with van der Waals surface area (Å²) in [6.07, 6.45) is 0. The third-order valence-corrected chi connectivity index (χ3v) is 6.43. The van der Waals surface area contributed by atoms with Gasteiger partial charge in [-0.2, -0.15) is 0 Å². The monoisotopic (exact) mass is 347 g/mol. The second kappa shape index (κ2) is 6.14. The summed E-state index contributed by atoms with van der Waals surface area (Å²) in [4.78, 5) is 0. The smallest absolute Gasteiger partial charge is 0.0775 e. The molecule has 0 spiro atoms. The normalized spacial score (nSPS) is 11.4. The molecule has 0 bridgehead atoms. The average molecular weight is 348 g/mol. The molecule has 0 saturated heterocycles. The first-order valence-corrected chi connectivity index (χ1v) is 11.2. The average Bonchev–Trinajstić information content (AvgIpc) is 2.40. The van der Waals surface area contributed by atoms with Crippen LogP contribution in [0.2, 0.25) is 19.6 Å². The SMILES string of the molecule is Cc1cc(NCc2ccc([Si](C)(C)C)cc2)ccc1Br. The zero-order valence-corrected chi connectivity index (χ0v) is 15.2. The van der Waals surface area contributed by atoms with E-state index in [1.807, 2.05) is 0 Å². The van der Waals surface area contributed by atoms with Crippen LogP contribution >= 0.6 is 15.9 Å². The first kappa shape index (κ1) is 15.3. The molecule has 3 heteroatoms. The van der Waals surface area contributed by atoms with Crippen molar-refractivity contribution < 1.29 is 0 Å². The van der Waals surface area contributed by atoms with Crippen molar-refractivity contribution in [3.63, 3.8) is 0 Å². The van der Waals surface area contributed by atoms with Crippen LogP contribution in [-0.4, -0.2) is 8.07 Å². The van der Waals surface area contributed by atoms with E-state index in [0.717, 1.165) is 11.0 Å². The first-order chi connectivity index (χ1) is 9.36. The van der Waals surface area contributed by atoms with Gasteiger partial charge in [0.15, 0.2) is 0 Å². The third-order valence-electron chi connectivity index (χ3n) is 3.47. The lowest BCUT2D eigenvalue weighted by atomic mass is 10.2. The van der Waals surface area contributed by atoms with Gasteiger partial charge >= 0.3 is 0 Å². The number of benzene rings is 2. The van der Waals surface area contributed by atoms with E-state index in [-0.39, 0.29) is 0 Å². The molecule has 1 N–H and O–H groups in total. The molecule has 0 unspecified atom stereocenters. The van der Waals surface area contributed by atoms with Crippen LogP contribution in [0, 0.1) is 6.92 Å². The van der Waals surface area contributed by atoms with Crippen LogP contribution in [-0.2, 0) is 6.54 Å². The summed E-state index contributed by atoms with van der Waals surface area (Å²) >= 11 is 3.53. The molecule has 0 aliphatic heterocycles. The van der Waals surface area contributed by atoms with Crippen molar-refractivity contribution in [1.29, 1.82) is 0 Å². The van der Waals surface area contributed by atoms with E-state index in [9.17, 15) is 0 Å². The Morgan fingerprint density at radius 2 is 1.65 bits per heavy atom. The predicted octanol–water partition coefficient (Wildman–Crippen LogP) is 4.91. The van der Waals surface area contributed by atoms with Crippen molar-refractivity contribution in [3.8, 4) is 0 Å². The first-order valence-electron chi connectivity index (χ1n) is 6.96. The summed E-state index contributed by atoms with van der Waals surface area (Å²) in [6, 6.07) is 15.4. The summed E-state index contributed by atoms with van der Waals surface area (Å²) in [5.41, 5.74) is 3.75. The lowest BCUT2D eigenvalue weighted by Gasteiger charge is -2.17. The summed E-state index contributed by atoms with van der Waals surface area (Å²) in [7, 11) is -1.18. The van der Waals surface area contributed by atoms with Crippen molar-refractivity contribution in [2.75, 3.05) is 5.32 Å². The maximum absolute atomic E-state index is 3.53. The molecule has 0 fully saturated rings. The second-order valence-electron chi connectivity index (χ2n) is 6.26. The topological polar surface area (TPSA) is 12.0 Å². The van der Waals surface area contributed by atoms with E-state index < -0.39 is 8.07 Å². The van der Waals surface area contributed by atoms with E-state index in [2.05, 4.69) is 90.3 Å². The Kier molecular flexibility index (Phi) is 4.71. The maximum atomic E-state index is 3.53. The Bertz CT molecular complexity index is 585. The molecular formula is C17H22BrNSi. The van der Waals surface area contributed by atoms with E-state index in [1.165, 1.54) is 22.0 Å². The maximum Gasteiger partial charge on any atom is 0.0775 e. The summed E-state index contributed by atoms with van der Waals surface area (Å²) < 4.78 is 1.16. The molecule has 2 rings (SSSR count). The highest BCUT2D eigenvalue weighted by molar-refractivity contribution is 9.10. The minimum atomic E-state index is -1.18. The molecule has 2 aromatic carbocycles. The second-order valence-corrected chi connectivity index (χ2v) is 12.2. The Hall–Kier alpha value is -1.06. The molecule has 0 heterocycles. The van der Waals surface area contributed by atoms with E-state index in [4.69, 9.17) is 0 Å². The largest absolute Gasteiger partial charge is 0.381 e. The highest BCUT2D eigenvalue weighted by Gasteiger charge is 2.15. The molecule has 0 aromatic heterocycles. The van der Waals surface area contributed by atoms with Crippen LogP contribution in [0.15, 0.2) is 46.9 Å². The van der Waals surface area contributed by atoms with Crippen molar-refractivity contribution >= 4 is 34.9 Å².